The molecule has 2 aliphatic carbocycles. The lowest BCUT2D eigenvalue weighted by molar-refractivity contribution is 0.0951. The van der Waals surface area contributed by atoms with Crippen molar-refractivity contribution in [2.45, 2.75) is 45.1 Å². The molecule has 2 aliphatic rings. The molecule has 2 heterocycles. The molecule has 2 fully saturated rings. The first-order chi connectivity index (χ1) is 11.0. The number of nitrogens with one attached hydrogen (secondary N) is 1. The van der Waals surface area contributed by atoms with Gasteiger partial charge in [-0.3, -0.25) is 4.79 Å². The number of carbonyl (C=O) groups excluding carboxylic acids is 1. The van der Waals surface area contributed by atoms with E-state index in [2.05, 4.69) is 27.1 Å². The minimum atomic E-state index is -0.0847. The Morgan fingerprint density at radius 3 is 2.83 bits per heavy atom. The molecule has 2 aromatic rings. The molecule has 2 aromatic heterocycles. The zero-order valence-corrected chi connectivity index (χ0v) is 13.8. The van der Waals surface area contributed by atoms with E-state index in [1.54, 1.807) is 0 Å². The highest BCUT2D eigenvalue weighted by atomic mass is 16.3. The van der Waals surface area contributed by atoms with Crippen molar-refractivity contribution in [1.29, 1.82) is 0 Å². The van der Waals surface area contributed by atoms with Gasteiger partial charge >= 0.3 is 0 Å². The SMILES string of the molecule is Cc1oc2ncnc(N(C)C3(C)CC3)c2c1C(=O)NCC1CC1. The van der Waals surface area contributed by atoms with Crippen molar-refractivity contribution in [3.8, 4) is 0 Å². The van der Waals surface area contributed by atoms with Crippen LogP contribution in [0.3, 0.4) is 0 Å². The molecule has 2 saturated carbocycles. The number of hydrogen-bond donors (Lipinski definition) is 1. The fourth-order valence-electron chi connectivity index (χ4n) is 2.98. The molecule has 0 bridgehead atoms. The van der Waals surface area contributed by atoms with Crippen molar-refractivity contribution in [1.82, 2.24) is 15.3 Å². The maximum atomic E-state index is 12.7. The number of rotatable bonds is 5. The Labute approximate surface area is 135 Å². The van der Waals surface area contributed by atoms with Gasteiger partial charge in [-0.2, -0.15) is 0 Å². The van der Waals surface area contributed by atoms with E-state index >= 15 is 0 Å². The minimum absolute atomic E-state index is 0.0847. The third kappa shape index (κ3) is 2.46. The standard InChI is InChI=1S/C17H22N4O2/c1-10-12(15(22)18-8-11-4-5-11)13-14(19-9-20-16(13)23-10)21(3)17(2)6-7-17/h9,11H,4-8H2,1-3H3,(H,18,22). The lowest BCUT2D eigenvalue weighted by atomic mass is 10.1. The fourth-order valence-corrected chi connectivity index (χ4v) is 2.98. The van der Waals surface area contributed by atoms with Crippen molar-refractivity contribution in [2.24, 2.45) is 5.92 Å². The highest BCUT2D eigenvalue weighted by Crippen LogP contribution is 2.44. The Morgan fingerprint density at radius 1 is 1.43 bits per heavy atom. The molecular formula is C17H22N4O2. The number of amides is 1. The lowest BCUT2D eigenvalue weighted by Gasteiger charge is -2.26. The van der Waals surface area contributed by atoms with Crippen molar-refractivity contribution >= 4 is 22.8 Å². The molecule has 0 unspecified atom stereocenters. The zero-order valence-electron chi connectivity index (χ0n) is 13.8. The van der Waals surface area contributed by atoms with Gasteiger partial charge in [0.1, 0.15) is 17.9 Å². The molecular weight excluding hydrogens is 292 g/mol. The summed E-state index contributed by atoms with van der Waals surface area (Å²) in [6.45, 7) is 4.76. The molecule has 0 aromatic carbocycles. The largest absolute Gasteiger partial charge is 0.442 e. The van der Waals surface area contributed by atoms with E-state index in [0.29, 0.717) is 23.0 Å². The minimum Gasteiger partial charge on any atom is -0.442 e. The maximum absolute atomic E-state index is 12.7. The molecule has 6 nitrogen and oxygen atoms in total. The summed E-state index contributed by atoms with van der Waals surface area (Å²) < 4.78 is 5.73. The molecule has 1 amide bonds. The van der Waals surface area contributed by atoms with Gasteiger partial charge in [0.15, 0.2) is 0 Å². The molecule has 23 heavy (non-hydrogen) atoms. The van der Waals surface area contributed by atoms with Crippen LogP contribution in [0, 0.1) is 12.8 Å². The van der Waals surface area contributed by atoms with Gasteiger partial charge in [0.05, 0.1) is 10.9 Å². The molecule has 0 atom stereocenters. The Balaban J connectivity index is 1.76. The van der Waals surface area contributed by atoms with Crippen molar-refractivity contribution in [3.63, 3.8) is 0 Å². The number of fused-ring (bicyclic) bond motifs is 1. The monoisotopic (exact) mass is 314 g/mol. The number of anilines is 1. The molecule has 0 saturated heterocycles. The topological polar surface area (TPSA) is 71.3 Å². The number of aromatic nitrogens is 2. The molecule has 0 aliphatic heterocycles. The predicted molar refractivity (Wildman–Crippen MR) is 87.6 cm³/mol. The van der Waals surface area contributed by atoms with E-state index in [1.165, 1.54) is 19.2 Å². The van der Waals surface area contributed by atoms with E-state index in [4.69, 9.17) is 4.42 Å². The summed E-state index contributed by atoms with van der Waals surface area (Å²) in [4.78, 5) is 23.5. The summed E-state index contributed by atoms with van der Waals surface area (Å²) in [5.41, 5.74) is 1.18. The quantitative estimate of drug-likeness (QED) is 0.918. The third-order valence-electron chi connectivity index (χ3n) is 5.22. The van der Waals surface area contributed by atoms with E-state index in [1.807, 2.05) is 14.0 Å². The molecule has 122 valence electrons. The van der Waals surface area contributed by atoms with Crippen LogP contribution in [0.4, 0.5) is 5.82 Å². The lowest BCUT2D eigenvalue weighted by Crippen LogP contribution is -2.32. The summed E-state index contributed by atoms with van der Waals surface area (Å²) in [7, 11) is 2.03. The van der Waals surface area contributed by atoms with Crippen LogP contribution in [0.15, 0.2) is 10.7 Å². The van der Waals surface area contributed by atoms with Crippen LogP contribution in [0.2, 0.25) is 0 Å². The van der Waals surface area contributed by atoms with Crippen LogP contribution in [-0.4, -0.2) is 35.0 Å². The normalized spacial score (nSPS) is 18.9. The molecule has 1 N–H and O–H groups in total. The molecule has 6 heteroatoms. The average Bonchev–Trinajstić information content (AvgIpc) is 3.44. The maximum Gasteiger partial charge on any atom is 0.255 e. The second kappa shape index (κ2) is 4.94. The molecule has 0 spiro atoms. The van der Waals surface area contributed by atoms with E-state index in [-0.39, 0.29) is 11.4 Å². The Kier molecular flexibility index (Phi) is 3.11. The van der Waals surface area contributed by atoms with Crippen molar-refractivity contribution < 1.29 is 9.21 Å². The second-order valence-electron chi connectivity index (χ2n) is 7.12. The highest BCUT2D eigenvalue weighted by molar-refractivity contribution is 6.10. The Bertz CT molecular complexity index is 774. The number of hydrogen-bond acceptors (Lipinski definition) is 5. The van der Waals surface area contributed by atoms with Gasteiger partial charge < -0.3 is 14.6 Å². The van der Waals surface area contributed by atoms with Crippen LogP contribution < -0.4 is 10.2 Å². The van der Waals surface area contributed by atoms with Gasteiger partial charge in [0.2, 0.25) is 5.71 Å². The summed E-state index contributed by atoms with van der Waals surface area (Å²) in [5, 5.41) is 3.76. The molecule has 4 rings (SSSR count). The molecule has 0 radical (unpaired) electrons. The summed E-state index contributed by atoms with van der Waals surface area (Å²) in [6, 6.07) is 0. The number of furan rings is 1. The zero-order chi connectivity index (χ0) is 16.2. The van der Waals surface area contributed by atoms with Crippen LogP contribution in [0.5, 0.6) is 0 Å². The average molecular weight is 314 g/mol. The summed E-state index contributed by atoms with van der Waals surface area (Å²) >= 11 is 0. The van der Waals surface area contributed by atoms with Gasteiger partial charge in [0, 0.05) is 19.1 Å². The number of aryl methyl sites for hydroxylation is 1. The van der Waals surface area contributed by atoms with Gasteiger partial charge in [-0.25, -0.2) is 9.97 Å². The number of nitrogens with zero attached hydrogens (tertiary/aromatic N) is 3. The smallest absolute Gasteiger partial charge is 0.255 e. The van der Waals surface area contributed by atoms with Gasteiger partial charge in [-0.1, -0.05) is 0 Å². The van der Waals surface area contributed by atoms with E-state index < -0.39 is 0 Å². The second-order valence-corrected chi connectivity index (χ2v) is 7.12. The van der Waals surface area contributed by atoms with Crippen LogP contribution in [-0.2, 0) is 0 Å². The van der Waals surface area contributed by atoms with Crippen LogP contribution in [0.1, 0.15) is 48.7 Å². The Hall–Kier alpha value is -2.11. The van der Waals surface area contributed by atoms with E-state index in [9.17, 15) is 4.79 Å². The van der Waals surface area contributed by atoms with Gasteiger partial charge in [0.25, 0.3) is 5.91 Å². The third-order valence-corrected chi connectivity index (χ3v) is 5.22. The Morgan fingerprint density at radius 2 is 2.17 bits per heavy atom. The predicted octanol–water partition coefficient (Wildman–Crippen LogP) is 2.66. The summed E-state index contributed by atoms with van der Waals surface area (Å²) in [5.74, 6) is 1.94. The van der Waals surface area contributed by atoms with Gasteiger partial charge in [-0.05, 0) is 45.4 Å². The summed E-state index contributed by atoms with van der Waals surface area (Å²) in [6.07, 6.45) is 6.19. The van der Waals surface area contributed by atoms with Gasteiger partial charge in [-0.15, -0.1) is 0 Å². The first-order valence-corrected chi connectivity index (χ1v) is 8.26. The van der Waals surface area contributed by atoms with Crippen molar-refractivity contribution in [2.75, 3.05) is 18.5 Å². The first kappa shape index (κ1) is 14.5. The van der Waals surface area contributed by atoms with Crippen molar-refractivity contribution in [3.05, 3.63) is 17.7 Å². The first-order valence-electron chi connectivity index (χ1n) is 8.26. The van der Waals surface area contributed by atoms with Crippen LogP contribution >= 0.6 is 0 Å². The van der Waals surface area contributed by atoms with E-state index in [0.717, 1.165) is 30.6 Å². The number of carbonyl (C=O) groups is 1. The fraction of sp³-hybridized carbons (Fsp3) is 0.588. The van der Waals surface area contributed by atoms with Crippen LogP contribution in [0.25, 0.3) is 11.1 Å². The highest BCUT2D eigenvalue weighted by Gasteiger charge is 2.43.